The number of rotatable bonds is 14. The third-order valence-corrected chi connectivity index (χ3v) is 4.12. The topological polar surface area (TPSA) is 251 Å². The van der Waals surface area contributed by atoms with Crippen LogP contribution < -0.4 is 27.4 Å². The van der Waals surface area contributed by atoms with Gasteiger partial charge in [-0.15, -0.1) is 0 Å². The molecular weight excluding hydrogens is 418 g/mol. The van der Waals surface area contributed by atoms with Crippen molar-refractivity contribution in [2.24, 2.45) is 11.5 Å². The number of nitrogens with two attached hydrogens (primary N) is 2. The molecule has 0 heterocycles. The lowest BCUT2D eigenvalue weighted by atomic mass is 10.1. The van der Waals surface area contributed by atoms with E-state index in [1.165, 1.54) is 6.92 Å². The highest BCUT2D eigenvalue weighted by Crippen LogP contribution is 2.03. The average Bonchev–Trinajstić information content (AvgIpc) is 2.65. The van der Waals surface area contributed by atoms with E-state index in [9.17, 15) is 33.9 Å². The predicted molar refractivity (Wildman–Crippen MR) is 104 cm³/mol. The summed E-state index contributed by atoms with van der Waals surface area (Å²) in [5.41, 5.74) is 10.6. The number of aliphatic carboxylic acids is 2. The summed E-state index contributed by atoms with van der Waals surface area (Å²) in [6, 6.07) is -5.44. The van der Waals surface area contributed by atoms with Crippen LogP contribution in [0.5, 0.6) is 0 Å². The van der Waals surface area contributed by atoms with Crippen LogP contribution in [0.1, 0.15) is 39.5 Å². The predicted octanol–water partition coefficient (Wildman–Crippen LogP) is -3.62. The van der Waals surface area contributed by atoms with Crippen LogP contribution in [0.15, 0.2) is 0 Å². The van der Waals surface area contributed by atoms with Crippen molar-refractivity contribution < 1.29 is 44.1 Å². The average molecular weight is 447 g/mol. The van der Waals surface area contributed by atoms with Gasteiger partial charge in [0.2, 0.25) is 23.6 Å². The zero-order chi connectivity index (χ0) is 24.3. The smallest absolute Gasteiger partial charge is 0.328 e. The zero-order valence-corrected chi connectivity index (χ0v) is 17.2. The van der Waals surface area contributed by atoms with Crippen LogP contribution in [0.2, 0.25) is 0 Å². The fourth-order valence-corrected chi connectivity index (χ4v) is 2.29. The molecule has 4 amide bonds. The number of aliphatic hydroxyl groups excluding tert-OH is 1. The van der Waals surface area contributed by atoms with E-state index in [4.69, 9.17) is 21.7 Å². The third kappa shape index (κ3) is 10.9. The number of nitrogens with one attached hydrogen (secondary N) is 3. The molecule has 0 saturated heterocycles. The fourth-order valence-electron chi connectivity index (χ4n) is 2.29. The van der Waals surface area contributed by atoms with Crippen molar-refractivity contribution >= 4 is 35.6 Å². The summed E-state index contributed by atoms with van der Waals surface area (Å²) < 4.78 is 0. The number of amides is 4. The first kappa shape index (κ1) is 27.7. The minimum Gasteiger partial charge on any atom is -0.481 e. The number of primary amides is 1. The molecule has 176 valence electrons. The minimum atomic E-state index is -1.61. The number of carbonyl (C=O) groups excluding carboxylic acids is 4. The second-order valence-electron chi connectivity index (χ2n) is 6.90. The number of carboxylic acids is 2. The molecule has 0 aromatic heterocycles. The quantitative estimate of drug-likeness (QED) is 0.130. The molecule has 0 saturated carbocycles. The van der Waals surface area contributed by atoms with Crippen molar-refractivity contribution in [2.45, 2.75) is 69.8 Å². The highest BCUT2D eigenvalue weighted by molar-refractivity contribution is 5.94. The Labute approximate surface area is 177 Å². The molecule has 10 N–H and O–H groups in total. The molecule has 5 unspecified atom stereocenters. The Bertz CT molecular complexity index is 697. The molecule has 0 aromatic carbocycles. The van der Waals surface area contributed by atoms with Crippen LogP contribution in [-0.4, -0.2) is 81.2 Å². The summed E-state index contributed by atoms with van der Waals surface area (Å²) in [5, 5.41) is 33.8. The van der Waals surface area contributed by atoms with Crippen LogP contribution >= 0.6 is 0 Å². The molecule has 0 aliphatic carbocycles. The molecule has 0 spiro atoms. The van der Waals surface area contributed by atoms with Crippen LogP contribution in [-0.2, 0) is 28.8 Å². The first-order valence-electron chi connectivity index (χ1n) is 9.33. The molecule has 14 nitrogen and oxygen atoms in total. The van der Waals surface area contributed by atoms with E-state index in [-0.39, 0.29) is 19.3 Å². The van der Waals surface area contributed by atoms with Crippen molar-refractivity contribution in [2.75, 3.05) is 0 Å². The molecule has 5 atom stereocenters. The maximum absolute atomic E-state index is 12.5. The van der Waals surface area contributed by atoms with Gasteiger partial charge in [0.15, 0.2) is 6.04 Å². The van der Waals surface area contributed by atoms with Crippen LogP contribution in [0, 0.1) is 0 Å². The zero-order valence-electron chi connectivity index (χ0n) is 17.2. The lowest BCUT2D eigenvalue weighted by Crippen LogP contribution is -2.57. The number of carbonyl (C=O) groups is 6. The maximum Gasteiger partial charge on any atom is 0.328 e. The van der Waals surface area contributed by atoms with Gasteiger partial charge < -0.3 is 42.7 Å². The Balaban J connectivity index is 5.12. The molecular formula is C17H29N5O9. The Morgan fingerprint density at radius 1 is 0.839 bits per heavy atom. The fraction of sp³-hybridized carbons (Fsp3) is 0.647. The number of aliphatic hydroxyl groups is 1. The van der Waals surface area contributed by atoms with E-state index in [1.807, 2.05) is 5.32 Å². The molecule has 31 heavy (non-hydrogen) atoms. The first-order valence-corrected chi connectivity index (χ1v) is 9.33. The summed E-state index contributed by atoms with van der Waals surface area (Å²) >= 11 is 0. The van der Waals surface area contributed by atoms with Crippen molar-refractivity contribution in [3.8, 4) is 0 Å². The van der Waals surface area contributed by atoms with Crippen molar-refractivity contribution in [3.63, 3.8) is 0 Å². The van der Waals surface area contributed by atoms with Gasteiger partial charge in [0.1, 0.15) is 12.1 Å². The van der Waals surface area contributed by atoms with Crippen LogP contribution in [0.4, 0.5) is 0 Å². The van der Waals surface area contributed by atoms with Gasteiger partial charge in [0, 0.05) is 12.8 Å². The van der Waals surface area contributed by atoms with Crippen molar-refractivity contribution in [3.05, 3.63) is 0 Å². The SMILES string of the molecule is CC(NC(=O)C(CCC(=O)O)NC(=O)C(N)CCC(N)=O)C(=O)NC(C(=O)O)C(C)O. The highest BCUT2D eigenvalue weighted by atomic mass is 16.4. The summed E-state index contributed by atoms with van der Waals surface area (Å²) in [5.74, 6) is -6.08. The van der Waals surface area contributed by atoms with E-state index < -0.39 is 72.3 Å². The Morgan fingerprint density at radius 3 is 1.87 bits per heavy atom. The van der Waals surface area contributed by atoms with E-state index in [2.05, 4.69) is 10.6 Å². The molecule has 0 radical (unpaired) electrons. The third-order valence-electron chi connectivity index (χ3n) is 4.12. The molecule has 0 aliphatic rings. The van der Waals surface area contributed by atoms with E-state index in [0.29, 0.717) is 0 Å². The monoisotopic (exact) mass is 447 g/mol. The number of carboxylic acid groups (broad SMARTS) is 2. The van der Waals surface area contributed by atoms with Gasteiger partial charge in [-0.1, -0.05) is 0 Å². The maximum atomic E-state index is 12.5. The summed E-state index contributed by atoms with van der Waals surface area (Å²) in [6.45, 7) is 2.38. The van der Waals surface area contributed by atoms with Gasteiger partial charge >= 0.3 is 11.9 Å². The summed E-state index contributed by atoms with van der Waals surface area (Å²) in [7, 11) is 0. The summed E-state index contributed by atoms with van der Waals surface area (Å²) in [6.07, 6.45) is -2.49. The van der Waals surface area contributed by atoms with Gasteiger partial charge in [-0.05, 0) is 26.7 Å². The molecule has 0 fully saturated rings. The second kappa shape index (κ2) is 13.1. The lowest BCUT2D eigenvalue weighted by molar-refractivity contribution is -0.145. The van der Waals surface area contributed by atoms with Gasteiger partial charge in [0.25, 0.3) is 0 Å². The standard InChI is InChI=1S/C17H29N5O9/c1-7(14(27)22-13(8(2)23)17(30)31)20-16(29)10(4-6-12(25)26)21-15(28)9(18)3-5-11(19)24/h7-10,13,23H,3-6,18H2,1-2H3,(H2,19,24)(H,20,29)(H,21,28)(H,22,27)(H,25,26)(H,30,31). The first-order chi connectivity index (χ1) is 14.3. The summed E-state index contributed by atoms with van der Waals surface area (Å²) in [4.78, 5) is 69.4. The van der Waals surface area contributed by atoms with Gasteiger partial charge in [-0.2, -0.15) is 0 Å². The molecule has 0 aliphatic heterocycles. The molecule has 0 bridgehead atoms. The van der Waals surface area contributed by atoms with E-state index in [1.54, 1.807) is 0 Å². The van der Waals surface area contributed by atoms with E-state index >= 15 is 0 Å². The van der Waals surface area contributed by atoms with Crippen LogP contribution in [0.3, 0.4) is 0 Å². The molecule has 14 heteroatoms. The largest absolute Gasteiger partial charge is 0.481 e. The van der Waals surface area contributed by atoms with E-state index in [0.717, 1.165) is 6.92 Å². The van der Waals surface area contributed by atoms with Gasteiger partial charge in [0.05, 0.1) is 12.1 Å². The Morgan fingerprint density at radius 2 is 1.42 bits per heavy atom. The highest BCUT2D eigenvalue weighted by Gasteiger charge is 2.30. The normalized spacial score (nSPS) is 15.5. The Kier molecular flexibility index (Phi) is 11.7. The second-order valence-corrected chi connectivity index (χ2v) is 6.90. The molecule has 0 rings (SSSR count). The minimum absolute atomic E-state index is 0.0941. The molecule has 0 aromatic rings. The lowest BCUT2D eigenvalue weighted by Gasteiger charge is -2.23. The van der Waals surface area contributed by atoms with Crippen molar-refractivity contribution in [1.82, 2.24) is 16.0 Å². The number of hydrogen-bond donors (Lipinski definition) is 8. The van der Waals surface area contributed by atoms with Gasteiger partial charge in [-0.3, -0.25) is 24.0 Å². The Hall–Kier alpha value is -3.26. The van der Waals surface area contributed by atoms with Crippen molar-refractivity contribution in [1.29, 1.82) is 0 Å². The van der Waals surface area contributed by atoms with Crippen LogP contribution in [0.25, 0.3) is 0 Å². The van der Waals surface area contributed by atoms with Gasteiger partial charge in [-0.25, -0.2) is 4.79 Å². The number of hydrogen-bond acceptors (Lipinski definition) is 8.